The van der Waals surface area contributed by atoms with Gasteiger partial charge in [0.1, 0.15) is 0 Å². The Hall–Kier alpha value is -0.830. The maximum absolute atomic E-state index is 6.31. The van der Waals surface area contributed by atoms with Crippen LogP contribution < -0.4 is 5.73 Å². The predicted molar refractivity (Wildman–Crippen MR) is 61.7 cm³/mol. The van der Waals surface area contributed by atoms with Gasteiger partial charge in [-0.05, 0) is 38.2 Å². The maximum atomic E-state index is 6.31. The van der Waals surface area contributed by atoms with Gasteiger partial charge in [0.25, 0.3) is 0 Å². The summed E-state index contributed by atoms with van der Waals surface area (Å²) < 4.78 is 2.12. The van der Waals surface area contributed by atoms with Gasteiger partial charge in [-0.2, -0.15) is 5.10 Å². The fourth-order valence-electron chi connectivity index (χ4n) is 2.64. The first-order valence-corrected chi connectivity index (χ1v) is 5.70. The van der Waals surface area contributed by atoms with Crippen molar-refractivity contribution in [3.05, 3.63) is 17.5 Å². The summed E-state index contributed by atoms with van der Waals surface area (Å²) in [4.78, 5) is 0. The second-order valence-electron chi connectivity index (χ2n) is 5.49. The van der Waals surface area contributed by atoms with Crippen molar-refractivity contribution in [2.24, 2.45) is 11.1 Å². The van der Waals surface area contributed by atoms with Gasteiger partial charge in [-0.15, -0.1) is 0 Å². The summed E-state index contributed by atoms with van der Waals surface area (Å²) in [6.45, 7) is 8.65. The molecular formula is C12H21N3. The van der Waals surface area contributed by atoms with E-state index in [1.807, 2.05) is 6.92 Å². The third-order valence-corrected chi connectivity index (χ3v) is 3.76. The lowest BCUT2D eigenvalue weighted by atomic mass is 9.87. The molecule has 2 atom stereocenters. The minimum Gasteiger partial charge on any atom is -0.325 e. The van der Waals surface area contributed by atoms with Crippen molar-refractivity contribution in [3.8, 4) is 0 Å². The largest absolute Gasteiger partial charge is 0.325 e. The molecule has 15 heavy (non-hydrogen) atoms. The first-order chi connectivity index (χ1) is 6.92. The Kier molecular flexibility index (Phi) is 2.38. The Labute approximate surface area is 91.7 Å². The summed E-state index contributed by atoms with van der Waals surface area (Å²) in [6, 6.07) is 2.72. The molecule has 84 valence electrons. The highest BCUT2D eigenvalue weighted by Gasteiger charge is 2.41. The molecule has 0 aliphatic heterocycles. The van der Waals surface area contributed by atoms with E-state index in [9.17, 15) is 0 Å². The number of nitrogens with zero attached hydrogens (tertiary/aromatic N) is 2. The van der Waals surface area contributed by atoms with E-state index in [1.54, 1.807) is 0 Å². The zero-order valence-electron chi connectivity index (χ0n) is 10.1. The summed E-state index contributed by atoms with van der Waals surface area (Å²) >= 11 is 0. The zero-order chi connectivity index (χ0) is 11.2. The van der Waals surface area contributed by atoms with Crippen LogP contribution >= 0.6 is 0 Å². The quantitative estimate of drug-likeness (QED) is 0.767. The third-order valence-electron chi connectivity index (χ3n) is 3.76. The van der Waals surface area contributed by atoms with Gasteiger partial charge in [-0.3, -0.25) is 4.68 Å². The predicted octanol–water partition coefficient (Wildman–Crippen LogP) is 2.19. The number of hydrogen-bond donors (Lipinski definition) is 1. The van der Waals surface area contributed by atoms with E-state index in [4.69, 9.17) is 5.73 Å². The first-order valence-electron chi connectivity index (χ1n) is 5.70. The maximum Gasteiger partial charge on any atom is 0.0678 e. The van der Waals surface area contributed by atoms with Crippen LogP contribution in [0, 0.1) is 19.3 Å². The Morgan fingerprint density at radius 1 is 1.47 bits per heavy atom. The molecule has 0 amide bonds. The Balaban J connectivity index is 2.30. The van der Waals surface area contributed by atoms with Crippen LogP contribution in [0.15, 0.2) is 6.07 Å². The molecule has 1 fully saturated rings. The van der Waals surface area contributed by atoms with Crippen LogP contribution in [-0.2, 0) is 0 Å². The zero-order valence-corrected chi connectivity index (χ0v) is 10.1. The molecule has 0 spiro atoms. The molecule has 0 radical (unpaired) electrons. The standard InChI is InChI=1S/C12H21N3/c1-8-7-9(2)15(14-8)10-5-6-12(3,4)11(10)13/h7,10-11H,5-6,13H2,1-4H3. The van der Waals surface area contributed by atoms with Crippen LogP contribution in [0.3, 0.4) is 0 Å². The van der Waals surface area contributed by atoms with E-state index in [-0.39, 0.29) is 11.5 Å². The molecule has 3 nitrogen and oxygen atoms in total. The van der Waals surface area contributed by atoms with Crippen LogP contribution in [0.1, 0.15) is 44.1 Å². The Morgan fingerprint density at radius 3 is 2.53 bits per heavy atom. The Morgan fingerprint density at radius 2 is 2.13 bits per heavy atom. The molecular weight excluding hydrogens is 186 g/mol. The Bertz CT molecular complexity index is 365. The molecule has 3 heteroatoms. The molecule has 2 unspecified atom stereocenters. The smallest absolute Gasteiger partial charge is 0.0678 e. The molecule has 2 N–H and O–H groups in total. The highest BCUT2D eigenvalue weighted by Crippen LogP contribution is 2.42. The van der Waals surface area contributed by atoms with Gasteiger partial charge in [-0.1, -0.05) is 13.8 Å². The van der Waals surface area contributed by atoms with Crippen LogP contribution in [0.4, 0.5) is 0 Å². The van der Waals surface area contributed by atoms with Crippen LogP contribution in [0.5, 0.6) is 0 Å². The van der Waals surface area contributed by atoms with E-state index in [2.05, 4.69) is 36.6 Å². The lowest BCUT2D eigenvalue weighted by molar-refractivity contribution is 0.289. The molecule has 2 rings (SSSR count). The fraction of sp³-hybridized carbons (Fsp3) is 0.750. The molecule has 0 bridgehead atoms. The van der Waals surface area contributed by atoms with Gasteiger partial charge in [-0.25, -0.2) is 0 Å². The summed E-state index contributed by atoms with van der Waals surface area (Å²) in [5.74, 6) is 0. The summed E-state index contributed by atoms with van der Waals surface area (Å²) in [5.41, 5.74) is 8.87. The minimum atomic E-state index is 0.218. The van der Waals surface area contributed by atoms with E-state index < -0.39 is 0 Å². The topological polar surface area (TPSA) is 43.8 Å². The van der Waals surface area contributed by atoms with Crippen molar-refractivity contribution >= 4 is 0 Å². The lowest BCUT2D eigenvalue weighted by Crippen LogP contribution is -2.38. The lowest BCUT2D eigenvalue weighted by Gasteiger charge is -2.27. The molecule has 1 aliphatic carbocycles. The molecule has 1 aliphatic rings. The molecule has 1 saturated carbocycles. The second kappa shape index (κ2) is 3.34. The van der Waals surface area contributed by atoms with Crippen molar-refractivity contribution in [2.45, 2.75) is 52.6 Å². The highest BCUT2D eigenvalue weighted by atomic mass is 15.3. The van der Waals surface area contributed by atoms with Gasteiger partial charge in [0.2, 0.25) is 0 Å². The second-order valence-corrected chi connectivity index (χ2v) is 5.49. The number of nitrogens with two attached hydrogens (primary N) is 1. The highest BCUT2D eigenvalue weighted by molar-refractivity contribution is 5.10. The SMILES string of the molecule is Cc1cc(C)n(C2CCC(C)(C)C2N)n1. The molecule has 1 aromatic heterocycles. The summed E-state index contributed by atoms with van der Waals surface area (Å²) in [5, 5.41) is 4.54. The summed E-state index contributed by atoms with van der Waals surface area (Å²) in [7, 11) is 0. The molecule has 1 aromatic rings. The average Bonchev–Trinajstić information content (AvgIpc) is 2.56. The normalized spacial score (nSPS) is 29.7. The van der Waals surface area contributed by atoms with E-state index in [0.29, 0.717) is 6.04 Å². The number of hydrogen-bond acceptors (Lipinski definition) is 2. The molecule has 0 aromatic carbocycles. The average molecular weight is 207 g/mol. The van der Waals surface area contributed by atoms with E-state index in [1.165, 1.54) is 12.1 Å². The monoisotopic (exact) mass is 207 g/mol. The van der Waals surface area contributed by atoms with E-state index in [0.717, 1.165) is 12.1 Å². The minimum absolute atomic E-state index is 0.218. The number of aromatic nitrogens is 2. The van der Waals surface area contributed by atoms with Gasteiger partial charge in [0, 0.05) is 11.7 Å². The van der Waals surface area contributed by atoms with Crippen molar-refractivity contribution in [1.82, 2.24) is 9.78 Å². The molecule has 0 saturated heterocycles. The van der Waals surface area contributed by atoms with Crippen LogP contribution in [-0.4, -0.2) is 15.8 Å². The number of aryl methyl sites for hydroxylation is 2. The fourth-order valence-corrected chi connectivity index (χ4v) is 2.64. The van der Waals surface area contributed by atoms with Gasteiger partial charge in [0.05, 0.1) is 11.7 Å². The van der Waals surface area contributed by atoms with Crippen molar-refractivity contribution in [2.75, 3.05) is 0 Å². The van der Waals surface area contributed by atoms with Crippen molar-refractivity contribution in [3.63, 3.8) is 0 Å². The first kappa shape index (κ1) is 10.7. The van der Waals surface area contributed by atoms with Gasteiger partial charge >= 0.3 is 0 Å². The van der Waals surface area contributed by atoms with Gasteiger partial charge in [0.15, 0.2) is 0 Å². The molecule has 1 heterocycles. The van der Waals surface area contributed by atoms with Crippen LogP contribution in [0.25, 0.3) is 0 Å². The van der Waals surface area contributed by atoms with Crippen molar-refractivity contribution < 1.29 is 0 Å². The van der Waals surface area contributed by atoms with E-state index >= 15 is 0 Å². The third kappa shape index (κ3) is 1.69. The van der Waals surface area contributed by atoms with Crippen molar-refractivity contribution in [1.29, 1.82) is 0 Å². The van der Waals surface area contributed by atoms with Gasteiger partial charge < -0.3 is 5.73 Å². The summed E-state index contributed by atoms with van der Waals surface area (Å²) in [6.07, 6.45) is 2.34. The van der Waals surface area contributed by atoms with Crippen LogP contribution in [0.2, 0.25) is 0 Å². The number of rotatable bonds is 1.